The maximum Gasteiger partial charge on any atom is 0.160 e. The largest absolute Gasteiger partial charge is 0.504 e. The number of hydrogen-bond donors (Lipinski definition) is 1. The monoisotopic (exact) mass is 263 g/mol. The molecule has 1 aromatic carbocycles. The van der Waals surface area contributed by atoms with Gasteiger partial charge in [0.15, 0.2) is 11.5 Å². The van der Waals surface area contributed by atoms with Gasteiger partial charge in [0, 0.05) is 6.04 Å². The molecule has 1 atom stereocenters. The average molecular weight is 263 g/mol. The molecule has 1 saturated heterocycles. The first kappa shape index (κ1) is 14.2. The van der Waals surface area contributed by atoms with Crippen molar-refractivity contribution in [1.29, 1.82) is 0 Å². The van der Waals surface area contributed by atoms with Crippen LogP contribution in [0.15, 0.2) is 18.2 Å². The molecule has 1 aromatic rings. The second-order valence-corrected chi connectivity index (χ2v) is 5.41. The normalized spacial score (nSPS) is 19.5. The van der Waals surface area contributed by atoms with E-state index in [4.69, 9.17) is 4.74 Å². The molecule has 1 heterocycles. The van der Waals surface area contributed by atoms with Gasteiger partial charge in [-0.05, 0) is 50.6 Å². The fourth-order valence-corrected chi connectivity index (χ4v) is 2.82. The third kappa shape index (κ3) is 3.63. The number of hydrogen-bond acceptors (Lipinski definition) is 3. The van der Waals surface area contributed by atoms with Gasteiger partial charge in [0.1, 0.15) is 0 Å². The van der Waals surface area contributed by atoms with Gasteiger partial charge in [0.05, 0.1) is 7.11 Å². The summed E-state index contributed by atoms with van der Waals surface area (Å²) in [4.78, 5) is 2.55. The number of phenolic OH excluding ortho intramolecular Hbond substituents is 1. The highest BCUT2D eigenvalue weighted by atomic mass is 16.5. The van der Waals surface area contributed by atoms with Crippen molar-refractivity contribution in [2.45, 2.75) is 45.1 Å². The van der Waals surface area contributed by atoms with Gasteiger partial charge >= 0.3 is 0 Å². The smallest absolute Gasteiger partial charge is 0.160 e. The fourth-order valence-electron chi connectivity index (χ4n) is 2.82. The Morgan fingerprint density at radius 3 is 2.37 bits per heavy atom. The summed E-state index contributed by atoms with van der Waals surface area (Å²) in [5.41, 5.74) is 1.22. The van der Waals surface area contributed by atoms with Crippen LogP contribution in [0.4, 0.5) is 0 Å². The molecule has 0 bridgehead atoms. The number of ether oxygens (including phenoxy) is 1. The van der Waals surface area contributed by atoms with Gasteiger partial charge in [-0.25, -0.2) is 0 Å². The summed E-state index contributed by atoms with van der Waals surface area (Å²) in [5.74, 6) is 0.780. The first-order valence-corrected chi connectivity index (χ1v) is 7.33. The molecule has 1 unspecified atom stereocenters. The van der Waals surface area contributed by atoms with E-state index in [0.29, 0.717) is 11.8 Å². The van der Waals surface area contributed by atoms with E-state index >= 15 is 0 Å². The number of phenols is 1. The molecule has 1 aliphatic heterocycles. The van der Waals surface area contributed by atoms with Gasteiger partial charge in [0.25, 0.3) is 0 Å². The molecule has 3 nitrogen and oxygen atoms in total. The number of likely N-dealkylation sites (tertiary alicyclic amines) is 1. The molecular weight excluding hydrogens is 238 g/mol. The molecular formula is C16H25NO2. The first-order valence-electron chi connectivity index (χ1n) is 7.33. The Balaban J connectivity index is 2.10. The third-order valence-electron chi connectivity index (χ3n) is 4.12. The molecule has 0 aromatic heterocycles. The van der Waals surface area contributed by atoms with Crippen LogP contribution in [0.1, 0.15) is 50.6 Å². The summed E-state index contributed by atoms with van der Waals surface area (Å²) in [6, 6.07) is 6.07. The lowest BCUT2D eigenvalue weighted by Gasteiger charge is -2.31. The van der Waals surface area contributed by atoms with E-state index in [0.717, 1.165) is 0 Å². The van der Waals surface area contributed by atoms with Crippen LogP contribution < -0.4 is 4.74 Å². The van der Waals surface area contributed by atoms with E-state index in [9.17, 15) is 5.11 Å². The summed E-state index contributed by atoms with van der Waals surface area (Å²) >= 11 is 0. The van der Waals surface area contributed by atoms with Crippen molar-refractivity contribution in [2.75, 3.05) is 20.2 Å². The maximum atomic E-state index is 9.67. The predicted octanol–water partition coefficient (Wildman–Crippen LogP) is 3.73. The van der Waals surface area contributed by atoms with Gasteiger partial charge < -0.3 is 9.84 Å². The van der Waals surface area contributed by atoms with Gasteiger partial charge in [-0.2, -0.15) is 0 Å². The zero-order chi connectivity index (χ0) is 13.7. The second kappa shape index (κ2) is 6.80. The predicted molar refractivity (Wildman–Crippen MR) is 77.7 cm³/mol. The lowest BCUT2D eigenvalue weighted by atomic mass is 10.0. The van der Waals surface area contributed by atoms with Crippen LogP contribution in [-0.4, -0.2) is 30.2 Å². The maximum absolute atomic E-state index is 9.67. The molecule has 106 valence electrons. The minimum absolute atomic E-state index is 0.214. The van der Waals surface area contributed by atoms with E-state index in [1.165, 1.54) is 50.8 Å². The summed E-state index contributed by atoms with van der Waals surface area (Å²) in [6.07, 6.45) is 6.67. The van der Waals surface area contributed by atoms with Crippen LogP contribution in [0.3, 0.4) is 0 Å². The number of nitrogens with zero attached hydrogens (tertiary/aromatic N) is 1. The number of aromatic hydroxyl groups is 1. The van der Waals surface area contributed by atoms with Crippen molar-refractivity contribution in [2.24, 2.45) is 0 Å². The van der Waals surface area contributed by atoms with Gasteiger partial charge in [-0.3, -0.25) is 4.90 Å². The number of rotatable bonds is 3. The van der Waals surface area contributed by atoms with Crippen LogP contribution >= 0.6 is 0 Å². The van der Waals surface area contributed by atoms with E-state index in [-0.39, 0.29) is 5.75 Å². The SMILES string of the molecule is COc1cc(C(C)N2CCCCCCC2)ccc1O. The van der Waals surface area contributed by atoms with Crippen molar-refractivity contribution in [1.82, 2.24) is 4.90 Å². The zero-order valence-electron chi connectivity index (χ0n) is 12.1. The van der Waals surface area contributed by atoms with Crippen molar-refractivity contribution in [3.63, 3.8) is 0 Å². The molecule has 0 spiro atoms. The molecule has 1 aliphatic rings. The van der Waals surface area contributed by atoms with Crippen LogP contribution in [-0.2, 0) is 0 Å². The Hall–Kier alpha value is -1.22. The van der Waals surface area contributed by atoms with Gasteiger partial charge in [-0.1, -0.05) is 25.3 Å². The van der Waals surface area contributed by atoms with Crippen molar-refractivity contribution < 1.29 is 9.84 Å². The average Bonchev–Trinajstić information content (AvgIpc) is 2.38. The van der Waals surface area contributed by atoms with Crippen LogP contribution in [0.5, 0.6) is 11.5 Å². The van der Waals surface area contributed by atoms with Crippen LogP contribution in [0.25, 0.3) is 0 Å². The molecule has 2 rings (SSSR count). The van der Waals surface area contributed by atoms with E-state index in [2.05, 4.69) is 11.8 Å². The number of benzene rings is 1. The Morgan fingerprint density at radius 1 is 1.11 bits per heavy atom. The highest BCUT2D eigenvalue weighted by molar-refractivity contribution is 5.42. The highest BCUT2D eigenvalue weighted by Crippen LogP contribution is 2.31. The quantitative estimate of drug-likeness (QED) is 0.902. The Morgan fingerprint density at radius 2 is 1.74 bits per heavy atom. The molecule has 3 heteroatoms. The van der Waals surface area contributed by atoms with E-state index in [1.807, 2.05) is 12.1 Å². The molecule has 0 saturated carbocycles. The minimum atomic E-state index is 0.214. The summed E-state index contributed by atoms with van der Waals surface area (Å²) < 4.78 is 5.20. The topological polar surface area (TPSA) is 32.7 Å². The van der Waals surface area contributed by atoms with Crippen LogP contribution in [0.2, 0.25) is 0 Å². The van der Waals surface area contributed by atoms with Crippen LogP contribution in [0, 0.1) is 0 Å². The Kier molecular flexibility index (Phi) is 5.08. The molecule has 1 N–H and O–H groups in total. The lowest BCUT2D eigenvalue weighted by molar-refractivity contribution is 0.191. The third-order valence-corrected chi connectivity index (χ3v) is 4.12. The zero-order valence-corrected chi connectivity index (χ0v) is 12.1. The fraction of sp³-hybridized carbons (Fsp3) is 0.625. The van der Waals surface area contributed by atoms with Crippen molar-refractivity contribution in [3.8, 4) is 11.5 Å². The molecule has 1 fully saturated rings. The molecule has 0 aliphatic carbocycles. The minimum Gasteiger partial charge on any atom is -0.504 e. The van der Waals surface area contributed by atoms with E-state index < -0.39 is 0 Å². The van der Waals surface area contributed by atoms with Crippen molar-refractivity contribution in [3.05, 3.63) is 23.8 Å². The Bertz CT molecular complexity index is 398. The molecule has 0 amide bonds. The van der Waals surface area contributed by atoms with Crippen molar-refractivity contribution >= 4 is 0 Å². The van der Waals surface area contributed by atoms with Gasteiger partial charge in [-0.15, -0.1) is 0 Å². The Labute approximate surface area is 116 Å². The van der Waals surface area contributed by atoms with Gasteiger partial charge in [0.2, 0.25) is 0 Å². The highest BCUT2D eigenvalue weighted by Gasteiger charge is 2.17. The molecule has 19 heavy (non-hydrogen) atoms. The summed E-state index contributed by atoms with van der Waals surface area (Å²) in [6.45, 7) is 4.59. The molecule has 0 radical (unpaired) electrons. The summed E-state index contributed by atoms with van der Waals surface area (Å²) in [7, 11) is 1.60. The summed E-state index contributed by atoms with van der Waals surface area (Å²) in [5, 5.41) is 9.67. The van der Waals surface area contributed by atoms with E-state index in [1.54, 1.807) is 13.2 Å². The standard InChI is InChI=1S/C16H25NO2/c1-13(17-10-6-4-3-5-7-11-17)14-8-9-15(18)16(12-14)19-2/h8-9,12-13,18H,3-7,10-11H2,1-2H3. The first-order chi connectivity index (χ1) is 9.22. The number of methoxy groups -OCH3 is 1. The second-order valence-electron chi connectivity index (χ2n) is 5.41. The lowest BCUT2D eigenvalue weighted by Crippen LogP contribution is -2.30.